The van der Waals surface area contributed by atoms with Crippen molar-refractivity contribution in [2.24, 2.45) is 17.3 Å². The highest BCUT2D eigenvalue weighted by Crippen LogP contribution is 2.63. The van der Waals surface area contributed by atoms with Gasteiger partial charge in [0.25, 0.3) is 0 Å². The van der Waals surface area contributed by atoms with Crippen LogP contribution >= 0.6 is 0 Å². The Labute approximate surface area is 219 Å². The van der Waals surface area contributed by atoms with E-state index in [2.05, 4.69) is 51.7 Å². The van der Waals surface area contributed by atoms with Gasteiger partial charge in [0.1, 0.15) is 6.29 Å². The summed E-state index contributed by atoms with van der Waals surface area (Å²) in [6.45, 7) is 14.6. The van der Waals surface area contributed by atoms with Crippen molar-refractivity contribution < 1.29 is 19.7 Å². The monoisotopic (exact) mass is 498 g/mol. The maximum Gasteiger partial charge on any atom is 0.145 e. The highest BCUT2D eigenvalue weighted by atomic mass is 16.5. The number of carbonyl (C=O) groups excluding carboxylic acids is 1. The van der Waals surface area contributed by atoms with Crippen molar-refractivity contribution in [1.82, 2.24) is 0 Å². The van der Waals surface area contributed by atoms with Crippen LogP contribution in [0.3, 0.4) is 0 Å². The summed E-state index contributed by atoms with van der Waals surface area (Å²) in [4.78, 5) is 11.8. The normalized spacial score (nSPS) is 32.2. The van der Waals surface area contributed by atoms with Crippen molar-refractivity contribution in [2.45, 2.75) is 104 Å². The Bertz CT molecular complexity index is 884. The smallest absolute Gasteiger partial charge is 0.145 e. The summed E-state index contributed by atoms with van der Waals surface area (Å²) in [6.07, 6.45) is 16.8. The standard InChI is InChI=1S/C32H50O4/c1-8-26(15-10-14-24(4)13-9-12-23(2)3)28-18-20-32(30(28)36-7)29(16-11-21-33)27(25(5)22-34)17-19-31(32,6)35/h10,12,14-15,22,28-30,33,35H,4,8-9,11,13,16-21H2,1-3,5-7H3/b14-10+,26-15-,27-25+/t28?,29-,30?,31+,32+/m1/s1. The number of hydrogen-bond acceptors (Lipinski definition) is 4. The summed E-state index contributed by atoms with van der Waals surface area (Å²) in [5, 5.41) is 21.6. The van der Waals surface area contributed by atoms with Crippen molar-refractivity contribution in [1.29, 1.82) is 0 Å². The molecule has 0 radical (unpaired) electrons. The molecule has 0 aromatic rings. The van der Waals surface area contributed by atoms with Crippen LogP contribution in [0, 0.1) is 17.3 Å². The molecule has 0 aromatic heterocycles. The summed E-state index contributed by atoms with van der Waals surface area (Å²) in [6, 6.07) is 0. The number of allylic oxidation sites excluding steroid dienone is 8. The minimum Gasteiger partial charge on any atom is -0.396 e. The Balaban J connectivity index is 2.42. The molecule has 2 saturated carbocycles. The van der Waals surface area contributed by atoms with E-state index in [1.54, 1.807) is 7.11 Å². The van der Waals surface area contributed by atoms with Crippen LogP contribution in [-0.4, -0.2) is 41.9 Å². The fourth-order valence-electron chi connectivity index (χ4n) is 6.94. The van der Waals surface area contributed by atoms with Crippen LogP contribution in [0.15, 0.2) is 58.7 Å². The molecule has 2 N–H and O–H groups in total. The lowest BCUT2D eigenvalue weighted by Crippen LogP contribution is -2.59. The zero-order chi connectivity index (χ0) is 26.9. The van der Waals surface area contributed by atoms with Gasteiger partial charge >= 0.3 is 0 Å². The third-order valence-corrected chi connectivity index (χ3v) is 8.80. The highest BCUT2D eigenvalue weighted by Gasteiger charge is 2.64. The molecule has 4 nitrogen and oxygen atoms in total. The van der Waals surface area contributed by atoms with Crippen molar-refractivity contribution in [3.05, 3.63) is 58.7 Å². The molecular formula is C32H50O4. The lowest BCUT2D eigenvalue weighted by atomic mass is 9.52. The Morgan fingerprint density at radius 1 is 1.25 bits per heavy atom. The summed E-state index contributed by atoms with van der Waals surface area (Å²) in [5.41, 5.74) is 4.27. The Hall–Kier alpha value is -1.75. The number of methoxy groups -OCH3 is 1. The van der Waals surface area contributed by atoms with Crippen LogP contribution in [0.25, 0.3) is 0 Å². The van der Waals surface area contributed by atoms with E-state index in [0.29, 0.717) is 19.3 Å². The molecule has 0 aliphatic heterocycles. The molecule has 0 bridgehead atoms. The van der Waals surface area contributed by atoms with Crippen LogP contribution in [0.1, 0.15) is 92.4 Å². The fraction of sp³-hybridized carbons (Fsp3) is 0.656. The van der Waals surface area contributed by atoms with E-state index >= 15 is 0 Å². The number of carbonyl (C=O) groups is 1. The number of ether oxygens (including phenoxy) is 1. The van der Waals surface area contributed by atoms with Gasteiger partial charge in [0.05, 0.1) is 11.7 Å². The van der Waals surface area contributed by atoms with Crippen LogP contribution < -0.4 is 0 Å². The minimum atomic E-state index is -0.914. The molecule has 5 atom stereocenters. The van der Waals surface area contributed by atoms with Crippen LogP contribution in [0.2, 0.25) is 0 Å². The highest BCUT2D eigenvalue weighted by molar-refractivity contribution is 5.74. The molecule has 2 aliphatic rings. The van der Waals surface area contributed by atoms with E-state index < -0.39 is 11.0 Å². The molecule has 0 saturated heterocycles. The molecule has 4 heteroatoms. The summed E-state index contributed by atoms with van der Waals surface area (Å²) >= 11 is 0. The lowest BCUT2D eigenvalue weighted by molar-refractivity contribution is -0.176. The molecule has 2 unspecified atom stereocenters. The van der Waals surface area contributed by atoms with Crippen LogP contribution in [0.4, 0.5) is 0 Å². The molecule has 36 heavy (non-hydrogen) atoms. The van der Waals surface area contributed by atoms with E-state index in [9.17, 15) is 15.0 Å². The Kier molecular flexibility index (Phi) is 11.6. The molecule has 2 rings (SSSR count). The first-order valence-corrected chi connectivity index (χ1v) is 13.8. The van der Waals surface area contributed by atoms with E-state index in [4.69, 9.17) is 4.74 Å². The van der Waals surface area contributed by atoms with Gasteiger partial charge in [-0.3, -0.25) is 4.79 Å². The zero-order valence-corrected chi connectivity index (χ0v) is 23.6. The molecule has 0 heterocycles. The largest absolute Gasteiger partial charge is 0.396 e. The van der Waals surface area contributed by atoms with Gasteiger partial charge in [-0.25, -0.2) is 0 Å². The molecule has 202 valence electrons. The number of aliphatic hydroxyl groups is 2. The summed E-state index contributed by atoms with van der Waals surface area (Å²) < 4.78 is 6.29. The quantitative estimate of drug-likeness (QED) is 0.131. The van der Waals surface area contributed by atoms with Gasteiger partial charge in [-0.2, -0.15) is 0 Å². The first-order valence-electron chi connectivity index (χ1n) is 13.8. The Morgan fingerprint density at radius 2 is 1.97 bits per heavy atom. The molecule has 0 amide bonds. The zero-order valence-electron chi connectivity index (χ0n) is 23.6. The predicted molar refractivity (Wildman–Crippen MR) is 150 cm³/mol. The van der Waals surface area contributed by atoms with Gasteiger partial charge in [-0.1, -0.05) is 60.1 Å². The molecule has 0 aromatic carbocycles. The summed E-state index contributed by atoms with van der Waals surface area (Å²) in [7, 11) is 1.77. The second-order valence-electron chi connectivity index (χ2n) is 11.3. The summed E-state index contributed by atoms with van der Waals surface area (Å²) in [5.74, 6) is 0.208. The second kappa shape index (κ2) is 13.7. The van der Waals surface area contributed by atoms with Gasteiger partial charge in [0.2, 0.25) is 0 Å². The van der Waals surface area contributed by atoms with E-state index in [0.717, 1.165) is 61.5 Å². The first kappa shape index (κ1) is 30.5. The number of aliphatic hydroxyl groups excluding tert-OH is 1. The topological polar surface area (TPSA) is 66.8 Å². The molecule has 2 aliphatic carbocycles. The van der Waals surface area contributed by atoms with Crippen molar-refractivity contribution >= 4 is 6.29 Å². The molecular weight excluding hydrogens is 448 g/mol. The maximum atomic E-state index is 11.9. The fourth-order valence-corrected chi connectivity index (χ4v) is 6.94. The SMILES string of the molecule is C=C(/C=C/C=C(/CC)C1CC[C@@]2(C1OC)[C@H](CCCO)/C(=C(\C)C=O)CC[C@]2(C)O)CCC=C(C)C. The first-order chi connectivity index (χ1) is 17.1. The number of aldehydes is 1. The van der Waals surface area contributed by atoms with Crippen LogP contribution in [-0.2, 0) is 9.53 Å². The Morgan fingerprint density at radius 3 is 2.56 bits per heavy atom. The molecule has 1 spiro atoms. The van der Waals surface area contributed by atoms with E-state index in [-0.39, 0.29) is 24.5 Å². The van der Waals surface area contributed by atoms with Gasteiger partial charge in [-0.15, -0.1) is 0 Å². The van der Waals surface area contributed by atoms with Gasteiger partial charge < -0.3 is 14.9 Å². The van der Waals surface area contributed by atoms with Crippen LogP contribution in [0.5, 0.6) is 0 Å². The van der Waals surface area contributed by atoms with Gasteiger partial charge in [-0.05, 0) is 97.0 Å². The predicted octanol–water partition coefficient (Wildman–Crippen LogP) is 7.04. The average molecular weight is 499 g/mol. The van der Waals surface area contributed by atoms with Crippen molar-refractivity contribution in [3.63, 3.8) is 0 Å². The third kappa shape index (κ3) is 6.57. The van der Waals surface area contributed by atoms with Crippen molar-refractivity contribution in [2.75, 3.05) is 13.7 Å². The molecule has 2 fully saturated rings. The van der Waals surface area contributed by atoms with Gasteiger partial charge in [0.15, 0.2) is 0 Å². The van der Waals surface area contributed by atoms with Gasteiger partial charge in [0, 0.05) is 25.0 Å². The second-order valence-corrected chi connectivity index (χ2v) is 11.3. The lowest BCUT2D eigenvalue weighted by Gasteiger charge is -2.56. The number of hydrogen-bond donors (Lipinski definition) is 2. The maximum absolute atomic E-state index is 11.9. The minimum absolute atomic E-state index is 0.0112. The number of rotatable bonds is 12. The average Bonchev–Trinajstić information content (AvgIpc) is 3.22. The van der Waals surface area contributed by atoms with Crippen molar-refractivity contribution in [3.8, 4) is 0 Å². The van der Waals surface area contributed by atoms with E-state index in [1.807, 2.05) is 13.8 Å². The van der Waals surface area contributed by atoms with E-state index in [1.165, 1.54) is 11.1 Å². The third-order valence-electron chi connectivity index (χ3n) is 8.80.